The van der Waals surface area contributed by atoms with Gasteiger partial charge in [0.2, 0.25) is 5.91 Å². The van der Waals surface area contributed by atoms with Gasteiger partial charge in [-0.15, -0.1) is 0 Å². The summed E-state index contributed by atoms with van der Waals surface area (Å²) in [5.74, 6) is -1.71. The summed E-state index contributed by atoms with van der Waals surface area (Å²) < 4.78 is 4.85. The number of halogens is 1. The van der Waals surface area contributed by atoms with E-state index in [9.17, 15) is 19.2 Å². The summed E-state index contributed by atoms with van der Waals surface area (Å²) >= 11 is 5.83. The van der Waals surface area contributed by atoms with E-state index in [1.54, 1.807) is 42.5 Å². The maximum Gasteiger partial charge on any atom is 0.306 e. The van der Waals surface area contributed by atoms with E-state index in [-0.39, 0.29) is 24.5 Å². The number of ether oxygens (including phenoxy) is 1. The number of Topliss-reactive ketones (excluding diaryl/α,β-unsaturated/α-hetero) is 1. The SMILES string of the molecule is CC(=O)c1cccc(NC(=O)COC(=O)CCC(=O)Nc2cccc(Cl)c2)c1. The van der Waals surface area contributed by atoms with E-state index in [1.165, 1.54) is 13.0 Å². The fourth-order valence-electron chi connectivity index (χ4n) is 2.24. The van der Waals surface area contributed by atoms with Crippen LogP contribution in [-0.4, -0.2) is 30.2 Å². The van der Waals surface area contributed by atoms with E-state index in [1.807, 2.05) is 0 Å². The van der Waals surface area contributed by atoms with E-state index >= 15 is 0 Å². The molecule has 0 aliphatic rings. The van der Waals surface area contributed by atoms with Crippen molar-refractivity contribution in [1.29, 1.82) is 0 Å². The topological polar surface area (TPSA) is 102 Å². The van der Waals surface area contributed by atoms with Crippen LogP contribution in [0, 0.1) is 0 Å². The summed E-state index contributed by atoms with van der Waals surface area (Å²) in [6.45, 7) is 0.935. The number of hydrogen-bond acceptors (Lipinski definition) is 5. The minimum atomic E-state index is -0.672. The first-order valence-corrected chi connectivity index (χ1v) is 8.83. The van der Waals surface area contributed by atoms with Crippen LogP contribution >= 0.6 is 11.6 Å². The van der Waals surface area contributed by atoms with Gasteiger partial charge in [-0.2, -0.15) is 0 Å². The zero-order valence-corrected chi connectivity index (χ0v) is 15.9. The largest absolute Gasteiger partial charge is 0.456 e. The van der Waals surface area contributed by atoms with Gasteiger partial charge in [0.1, 0.15) is 0 Å². The summed E-state index contributed by atoms with van der Waals surface area (Å²) in [6.07, 6.45) is -0.257. The number of benzene rings is 2. The molecule has 0 aliphatic heterocycles. The zero-order valence-electron chi connectivity index (χ0n) is 15.2. The number of ketones is 1. The second-order valence-electron chi connectivity index (χ2n) is 5.90. The number of amides is 2. The van der Waals surface area contributed by atoms with Gasteiger partial charge in [-0.3, -0.25) is 19.2 Å². The average molecular weight is 403 g/mol. The molecule has 2 N–H and O–H groups in total. The highest BCUT2D eigenvalue weighted by molar-refractivity contribution is 6.30. The number of hydrogen-bond donors (Lipinski definition) is 2. The second-order valence-corrected chi connectivity index (χ2v) is 6.34. The molecule has 7 nitrogen and oxygen atoms in total. The first-order valence-electron chi connectivity index (χ1n) is 8.45. The van der Waals surface area contributed by atoms with Crippen LogP contribution in [0.25, 0.3) is 0 Å². The molecule has 2 amide bonds. The standard InChI is InChI=1S/C20H19ClN2O5/c1-13(24)14-4-2-6-16(10-14)23-19(26)12-28-20(27)9-8-18(25)22-17-7-3-5-15(21)11-17/h2-7,10-11H,8-9,12H2,1H3,(H,22,25)(H,23,26). The van der Waals surface area contributed by atoms with Crippen LogP contribution in [0.15, 0.2) is 48.5 Å². The summed E-state index contributed by atoms with van der Waals surface area (Å²) in [7, 11) is 0. The van der Waals surface area contributed by atoms with Gasteiger partial charge in [-0.1, -0.05) is 29.8 Å². The lowest BCUT2D eigenvalue weighted by atomic mass is 10.1. The predicted molar refractivity (Wildman–Crippen MR) is 105 cm³/mol. The lowest BCUT2D eigenvalue weighted by Crippen LogP contribution is -2.22. The van der Waals surface area contributed by atoms with Crippen molar-refractivity contribution >= 4 is 46.5 Å². The summed E-state index contributed by atoms with van der Waals surface area (Å²) in [4.78, 5) is 46.7. The molecule has 0 saturated carbocycles. The highest BCUT2D eigenvalue weighted by Gasteiger charge is 2.11. The van der Waals surface area contributed by atoms with Crippen LogP contribution in [0.4, 0.5) is 11.4 Å². The number of nitrogens with one attached hydrogen (secondary N) is 2. The number of carbonyl (C=O) groups is 4. The molecule has 0 fully saturated rings. The van der Waals surface area contributed by atoms with Crippen LogP contribution in [0.5, 0.6) is 0 Å². The molecule has 28 heavy (non-hydrogen) atoms. The Morgan fingerprint density at radius 3 is 2.21 bits per heavy atom. The van der Waals surface area contributed by atoms with Crippen molar-refractivity contribution in [3.8, 4) is 0 Å². The van der Waals surface area contributed by atoms with Gasteiger partial charge in [0.15, 0.2) is 12.4 Å². The molecule has 0 aliphatic carbocycles. The highest BCUT2D eigenvalue weighted by Crippen LogP contribution is 2.15. The van der Waals surface area contributed by atoms with Crippen molar-refractivity contribution in [2.24, 2.45) is 0 Å². The fraction of sp³-hybridized carbons (Fsp3) is 0.200. The number of rotatable bonds is 8. The first-order chi connectivity index (χ1) is 13.3. The van der Waals surface area contributed by atoms with Crippen molar-refractivity contribution in [3.63, 3.8) is 0 Å². The molecule has 2 aromatic rings. The Morgan fingerprint density at radius 1 is 0.893 bits per heavy atom. The molecule has 0 aromatic heterocycles. The molecule has 2 rings (SSSR count). The maximum atomic E-state index is 11.8. The predicted octanol–water partition coefficient (Wildman–Crippen LogP) is 3.44. The van der Waals surface area contributed by atoms with Crippen LogP contribution in [0.1, 0.15) is 30.1 Å². The van der Waals surface area contributed by atoms with Gasteiger partial charge < -0.3 is 15.4 Å². The van der Waals surface area contributed by atoms with E-state index in [0.717, 1.165) is 0 Å². The molecule has 0 unspecified atom stereocenters. The molecule has 0 bridgehead atoms. The fourth-order valence-corrected chi connectivity index (χ4v) is 2.43. The Kier molecular flexibility index (Phi) is 7.71. The third-order valence-corrected chi connectivity index (χ3v) is 3.82. The second kappa shape index (κ2) is 10.2. The summed E-state index contributed by atoms with van der Waals surface area (Å²) in [5, 5.41) is 5.63. The number of carbonyl (C=O) groups excluding carboxylic acids is 4. The van der Waals surface area contributed by atoms with Crippen molar-refractivity contribution in [2.45, 2.75) is 19.8 Å². The number of esters is 1. The third kappa shape index (κ3) is 7.20. The number of anilines is 2. The molecular weight excluding hydrogens is 384 g/mol. The van der Waals surface area contributed by atoms with Crippen LogP contribution < -0.4 is 10.6 Å². The minimum Gasteiger partial charge on any atom is -0.456 e. The average Bonchev–Trinajstić information content (AvgIpc) is 2.65. The van der Waals surface area contributed by atoms with E-state index in [0.29, 0.717) is 22.0 Å². The maximum absolute atomic E-state index is 11.8. The molecule has 0 atom stereocenters. The van der Waals surface area contributed by atoms with E-state index < -0.39 is 18.5 Å². The molecule has 146 valence electrons. The van der Waals surface area contributed by atoms with Crippen LogP contribution in [-0.2, 0) is 19.1 Å². The van der Waals surface area contributed by atoms with Crippen molar-refractivity contribution in [3.05, 3.63) is 59.1 Å². The van der Waals surface area contributed by atoms with Crippen molar-refractivity contribution in [2.75, 3.05) is 17.2 Å². The lowest BCUT2D eigenvalue weighted by molar-refractivity contribution is -0.147. The molecular formula is C20H19ClN2O5. The van der Waals surface area contributed by atoms with E-state index in [2.05, 4.69) is 10.6 Å². The quantitative estimate of drug-likeness (QED) is 0.520. The Hall–Kier alpha value is -3.19. The monoisotopic (exact) mass is 402 g/mol. The van der Waals surface area contributed by atoms with Gasteiger partial charge in [0.05, 0.1) is 6.42 Å². The zero-order chi connectivity index (χ0) is 20.5. The van der Waals surface area contributed by atoms with E-state index in [4.69, 9.17) is 16.3 Å². The molecule has 0 spiro atoms. The Labute approximate surface area is 167 Å². The molecule has 0 heterocycles. The molecule has 0 radical (unpaired) electrons. The van der Waals surface area contributed by atoms with Crippen LogP contribution in [0.2, 0.25) is 5.02 Å². The Balaban J connectivity index is 1.71. The minimum absolute atomic E-state index is 0.0897. The Morgan fingerprint density at radius 2 is 1.54 bits per heavy atom. The first kappa shape index (κ1) is 21.1. The smallest absolute Gasteiger partial charge is 0.306 e. The summed E-state index contributed by atoms with van der Waals surface area (Å²) in [5.41, 5.74) is 1.41. The highest BCUT2D eigenvalue weighted by atomic mass is 35.5. The van der Waals surface area contributed by atoms with Crippen molar-refractivity contribution < 1.29 is 23.9 Å². The van der Waals surface area contributed by atoms with Gasteiger partial charge >= 0.3 is 5.97 Å². The van der Waals surface area contributed by atoms with Crippen LogP contribution in [0.3, 0.4) is 0 Å². The molecule has 0 saturated heterocycles. The van der Waals surface area contributed by atoms with Gasteiger partial charge in [-0.25, -0.2) is 0 Å². The van der Waals surface area contributed by atoms with Gasteiger partial charge in [-0.05, 0) is 37.3 Å². The molecule has 2 aromatic carbocycles. The third-order valence-electron chi connectivity index (χ3n) is 3.58. The lowest BCUT2D eigenvalue weighted by Gasteiger charge is -2.08. The van der Waals surface area contributed by atoms with Gasteiger partial charge in [0.25, 0.3) is 5.91 Å². The van der Waals surface area contributed by atoms with Gasteiger partial charge in [0, 0.05) is 28.4 Å². The Bertz CT molecular complexity index is 898. The molecule has 8 heteroatoms. The van der Waals surface area contributed by atoms with Crippen molar-refractivity contribution in [1.82, 2.24) is 0 Å². The normalized spacial score (nSPS) is 10.1. The summed E-state index contributed by atoms with van der Waals surface area (Å²) in [6, 6.07) is 13.0.